The number of nitrogens with zero attached hydrogens (tertiary/aromatic N) is 1. The molecule has 1 aliphatic rings. The molecule has 2 N–H and O–H groups in total. The van der Waals surface area contributed by atoms with Gasteiger partial charge in [0.25, 0.3) is 0 Å². The van der Waals surface area contributed by atoms with Crippen LogP contribution in [0.15, 0.2) is 42.5 Å². The Hall–Kier alpha value is -1.59. The van der Waals surface area contributed by atoms with Crippen LogP contribution in [0, 0.1) is 5.92 Å². The third-order valence-corrected chi connectivity index (χ3v) is 6.54. The zero-order chi connectivity index (χ0) is 26.2. The Morgan fingerprint density at radius 2 is 1.69 bits per heavy atom. The fourth-order valence-corrected chi connectivity index (χ4v) is 4.56. The molecule has 4 nitrogen and oxygen atoms in total. The van der Waals surface area contributed by atoms with Gasteiger partial charge in [-0.1, -0.05) is 63.1 Å². The molecule has 0 radical (unpaired) electrons. The maximum absolute atomic E-state index is 10.1. The average Bonchev–Trinajstić information content (AvgIpc) is 2.86. The molecule has 0 spiro atoms. The molecule has 2 aromatic rings. The molecule has 0 aromatic heterocycles. The number of aliphatic hydroxyl groups is 2. The van der Waals surface area contributed by atoms with Crippen molar-refractivity contribution in [1.29, 1.82) is 0 Å². The van der Waals surface area contributed by atoms with Crippen LogP contribution >= 0.6 is 11.6 Å². The van der Waals surface area contributed by atoms with Gasteiger partial charge < -0.3 is 19.8 Å². The summed E-state index contributed by atoms with van der Waals surface area (Å²) in [4.78, 5) is 2.21. The number of hydrogen-bond donors (Lipinski definition) is 2. The monoisotopic (exact) mass is 505 g/mol. The molecule has 1 fully saturated rings. The molecule has 1 aliphatic carbocycles. The topological polar surface area (TPSA) is 52.9 Å². The van der Waals surface area contributed by atoms with Crippen molar-refractivity contribution < 1.29 is 14.9 Å². The van der Waals surface area contributed by atoms with Crippen molar-refractivity contribution in [2.45, 2.75) is 78.2 Å². The molecular formula is C30H48ClNO3. The van der Waals surface area contributed by atoms with Crippen LogP contribution in [0.3, 0.4) is 0 Å². The van der Waals surface area contributed by atoms with Crippen LogP contribution < -0.4 is 4.74 Å². The summed E-state index contributed by atoms with van der Waals surface area (Å²) < 4.78 is 5.49. The van der Waals surface area contributed by atoms with Crippen LogP contribution in [0.25, 0.3) is 0 Å². The highest BCUT2D eigenvalue weighted by atomic mass is 35.5. The summed E-state index contributed by atoms with van der Waals surface area (Å²) in [5.41, 5.74) is 3.48. The van der Waals surface area contributed by atoms with Crippen molar-refractivity contribution in [3.63, 3.8) is 0 Å². The molecule has 3 unspecified atom stereocenters. The second kappa shape index (κ2) is 17.8. The van der Waals surface area contributed by atoms with E-state index in [1.807, 2.05) is 39.0 Å². The first-order chi connectivity index (χ1) is 16.9. The van der Waals surface area contributed by atoms with E-state index in [0.717, 1.165) is 35.6 Å². The van der Waals surface area contributed by atoms with E-state index in [1.54, 1.807) is 0 Å². The molecule has 1 saturated carbocycles. The normalized spacial score (nSPS) is 19.3. The van der Waals surface area contributed by atoms with Gasteiger partial charge in [0.15, 0.2) is 0 Å². The Bertz CT molecular complexity index is 810. The Kier molecular flexibility index (Phi) is 16.0. The molecule has 5 heteroatoms. The maximum atomic E-state index is 10.1. The number of ether oxygens (including phenoxy) is 1. The lowest BCUT2D eigenvalue weighted by Crippen LogP contribution is -2.27. The standard InChI is InChI=1S/C22H27ClO3.C6H15N.C2H6/c1-2-26-21-6-3-15(4-7-21)9-19-12-17(5-8-22(19)23)18-10-16(14-24)11-20(25)13-18;1-4-5-6-7(2)3;1-2/h3-8,12,16,18,20,24-25H,2,9-11,13-14H2,1H3;4-6H2,1-3H3;1-2H3. The van der Waals surface area contributed by atoms with Crippen molar-refractivity contribution >= 4 is 11.6 Å². The van der Waals surface area contributed by atoms with Crippen molar-refractivity contribution in [1.82, 2.24) is 4.90 Å². The number of aliphatic hydroxyl groups excluding tert-OH is 2. The van der Waals surface area contributed by atoms with Crippen LogP contribution in [0.4, 0.5) is 0 Å². The first-order valence-corrected chi connectivity index (χ1v) is 13.7. The van der Waals surface area contributed by atoms with Gasteiger partial charge >= 0.3 is 0 Å². The molecule has 0 heterocycles. The summed E-state index contributed by atoms with van der Waals surface area (Å²) in [6.07, 6.45) is 5.41. The largest absolute Gasteiger partial charge is 0.494 e. The van der Waals surface area contributed by atoms with E-state index in [9.17, 15) is 10.2 Å². The summed E-state index contributed by atoms with van der Waals surface area (Å²) in [5.74, 6) is 1.32. The van der Waals surface area contributed by atoms with E-state index < -0.39 is 0 Å². The summed E-state index contributed by atoms with van der Waals surface area (Å²) in [6, 6.07) is 14.3. The number of rotatable bonds is 9. The lowest BCUT2D eigenvalue weighted by molar-refractivity contribution is 0.0650. The van der Waals surface area contributed by atoms with E-state index in [1.165, 1.54) is 30.5 Å². The van der Waals surface area contributed by atoms with Gasteiger partial charge in [0.1, 0.15) is 5.75 Å². The fraction of sp³-hybridized carbons (Fsp3) is 0.600. The predicted octanol–water partition coefficient (Wildman–Crippen LogP) is 6.94. The van der Waals surface area contributed by atoms with Crippen LogP contribution in [0.1, 0.15) is 82.4 Å². The van der Waals surface area contributed by atoms with Gasteiger partial charge in [-0.05, 0) is 106 Å². The third-order valence-electron chi connectivity index (χ3n) is 6.17. The Labute approximate surface area is 219 Å². The highest BCUT2D eigenvalue weighted by molar-refractivity contribution is 6.31. The second-order valence-corrected chi connectivity index (χ2v) is 9.78. The van der Waals surface area contributed by atoms with Crippen LogP contribution in [0.5, 0.6) is 5.75 Å². The highest BCUT2D eigenvalue weighted by Crippen LogP contribution is 2.37. The first-order valence-electron chi connectivity index (χ1n) is 13.3. The minimum Gasteiger partial charge on any atom is -0.494 e. The summed E-state index contributed by atoms with van der Waals surface area (Å²) in [5, 5.41) is 20.4. The minimum atomic E-state index is -0.337. The predicted molar refractivity (Wildman–Crippen MR) is 150 cm³/mol. The molecular weight excluding hydrogens is 458 g/mol. The average molecular weight is 506 g/mol. The number of hydrogen-bond acceptors (Lipinski definition) is 4. The highest BCUT2D eigenvalue weighted by Gasteiger charge is 2.28. The SMILES string of the molecule is CC.CCCCN(C)C.CCOc1ccc(Cc2cc(C3CC(O)CC(CO)C3)ccc2Cl)cc1. The number of halogens is 1. The Morgan fingerprint density at radius 3 is 2.23 bits per heavy atom. The second-order valence-electron chi connectivity index (χ2n) is 9.37. The van der Waals surface area contributed by atoms with E-state index in [0.29, 0.717) is 13.0 Å². The lowest BCUT2D eigenvalue weighted by Gasteiger charge is -2.32. The molecule has 0 amide bonds. The minimum absolute atomic E-state index is 0.139. The molecule has 35 heavy (non-hydrogen) atoms. The van der Waals surface area contributed by atoms with Crippen molar-refractivity contribution in [2.75, 3.05) is 33.9 Å². The van der Waals surface area contributed by atoms with E-state index in [-0.39, 0.29) is 24.5 Å². The van der Waals surface area contributed by atoms with E-state index in [4.69, 9.17) is 16.3 Å². The quantitative estimate of drug-likeness (QED) is 0.387. The Morgan fingerprint density at radius 1 is 1.00 bits per heavy atom. The van der Waals surface area contributed by atoms with Crippen LogP contribution in [-0.4, -0.2) is 55.1 Å². The summed E-state index contributed by atoms with van der Waals surface area (Å²) in [6.45, 7) is 10.2. The molecule has 0 aliphatic heterocycles. The number of benzene rings is 2. The lowest BCUT2D eigenvalue weighted by atomic mass is 9.76. The smallest absolute Gasteiger partial charge is 0.119 e. The summed E-state index contributed by atoms with van der Waals surface area (Å²) in [7, 11) is 4.21. The van der Waals surface area contributed by atoms with Gasteiger partial charge in [-0.25, -0.2) is 0 Å². The first kappa shape index (κ1) is 31.4. The van der Waals surface area contributed by atoms with Gasteiger partial charge in [0.2, 0.25) is 0 Å². The Balaban J connectivity index is 0.000000587. The van der Waals surface area contributed by atoms with Gasteiger partial charge in [-0.3, -0.25) is 0 Å². The van der Waals surface area contributed by atoms with Crippen molar-refractivity contribution in [3.05, 3.63) is 64.2 Å². The number of unbranched alkanes of at least 4 members (excludes halogenated alkanes) is 1. The molecule has 0 bridgehead atoms. The van der Waals surface area contributed by atoms with Crippen molar-refractivity contribution in [2.24, 2.45) is 5.92 Å². The van der Waals surface area contributed by atoms with Crippen molar-refractivity contribution in [3.8, 4) is 5.75 Å². The third kappa shape index (κ3) is 11.8. The van der Waals surface area contributed by atoms with Gasteiger partial charge in [-0.15, -0.1) is 0 Å². The van der Waals surface area contributed by atoms with Gasteiger partial charge in [0.05, 0.1) is 12.7 Å². The molecule has 3 atom stereocenters. The van der Waals surface area contributed by atoms with Gasteiger partial charge in [-0.2, -0.15) is 0 Å². The molecule has 198 valence electrons. The molecule has 3 rings (SSSR count). The van der Waals surface area contributed by atoms with Crippen LogP contribution in [0.2, 0.25) is 5.02 Å². The van der Waals surface area contributed by atoms with E-state index in [2.05, 4.69) is 50.2 Å². The van der Waals surface area contributed by atoms with Crippen LogP contribution in [-0.2, 0) is 6.42 Å². The maximum Gasteiger partial charge on any atom is 0.119 e. The van der Waals surface area contributed by atoms with Gasteiger partial charge in [0, 0.05) is 11.6 Å². The van der Waals surface area contributed by atoms with E-state index >= 15 is 0 Å². The molecule has 2 aromatic carbocycles. The molecule has 0 saturated heterocycles. The zero-order valence-electron chi connectivity index (χ0n) is 22.8. The summed E-state index contributed by atoms with van der Waals surface area (Å²) >= 11 is 6.44. The fourth-order valence-electron chi connectivity index (χ4n) is 4.37. The zero-order valence-corrected chi connectivity index (χ0v) is 23.5.